The topological polar surface area (TPSA) is 101 Å². The molecule has 1 aromatic rings. The molecular weight excluding hydrogens is 391 g/mol. The van der Waals surface area contributed by atoms with Crippen molar-refractivity contribution in [2.45, 2.75) is 32.0 Å². The second kappa shape index (κ2) is 7.52. The zero-order valence-corrected chi connectivity index (χ0v) is 16.5. The first-order valence-electron chi connectivity index (χ1n) is 9.45. The lowest BCUT2D eigenvalue weighted by Crippen LogP contribution is -2.49. The van der Waals surface area contributed by atoms with Crippen LogP contribution in [0.25, 0.3) is 0 Å². The first-order chi connectivity index (χ1) is 14.1. The number of hydrogen-bond donors (Lipinski definition) is 1. The Kier molecular flexibility index (Phi) is 5.37. The van der Waals surface area contributed by atoms with Crippen LogP contribution >= 0.6 is 0 Å². The number of fused-ring (bicyclic) bond motifs is 1. The van der Waals surface area contributed by atoms with Crippen molar-refractivity contribution in [3.8, 4) is 18.2 Å². The van der Waals surface area contributed by atoms with E-state index in [1.165, 1.54) is 18.2 Å². The van der Waals surface area contributed by atoms with E-state index in [4.69, 9.17) is 5.73 Å². The van der Waals surface area contributed by atoms with Crippen LogP contribution in [0.5, 0.6) is 0 Å². The van der Waals surface area contributed by atoms with Gasteiger partial charge in [0.2, 0.25) is 0 Å². The van der Waals surface area contributed by atoms with Gasteiger partial charge in [0.15, 0.2) is 5.41 Å². The van der Waals surface area contributed by atoms with Gasteiger partial charge in [0, 0.05) is 31.0 Å². The van der Waals surface area contributed by atoms with E-state index in [-0.39, 0.29) is 22.9 Å². The highest BCUT2D eigenvalue weighted by molar-refractivity contribution is 5.60. The molecular formula is C22H20F3N5. The summed E-state index contributed by atoms with van der Waals surface area (Å²) in [5.41, 5.74) is 3.25. The molecule has 1 aliphatic carbocycles. The molecule has 3 rings (SSSR count). The van der Waals surface area contributed by atoms with Gasteiger partial charge in [0.25, 0.3) is 0 Å². The Morgan fingerprint density at radius 1 is 1.17 bits per heavy atom. The fourth-order valence-corrected chi connectivity index (χ4v) is 4.49. The van der Waals surface area contributed by atoms with Crippen molar-refractivity contribution < 1.29 is 13.2 Å². The lowest BCUT2D eigenvalue weighted by Gasteiger charge is -2.46. The van der Waals surface area contributed by atoms with E-state index >= 15 is 0 Å². The minimum atomic E-state index is -4.67. The highest BCUT2D eigenvalue weighted by Gasteiger charge is 2.56. The van der Waals surface area contributed by atoms with Crippen LogP contribution in [-0.2, 0) is 6.18 Å². The standard InChI is InChI=1S/C22H20F3N5/c1-13(2)30-8-7-14-16(9-26)20(29)21(11-27,12-28)19(17(14)10-30)15-5-3-4-6-18(15)22(23,24)25/h3-7,13,17,19H,8,10,29H2,1-2H3/t17-,19+/m0/s1. The van der Waals surface area contributed by atoms with Gasteiger partial charge in [-0.2, -0.15) is 29.0 Å². The number of alkyl halides is 3. The van der Waals surface area contributed by atoms with Crippen LogP contribution in [-0.4, -0.2) is 24.0 Å². The fourth-order valence-electron chi connectivity index (χ4n) is 4.49. The molecule has 1 heterocycles. The molecule has 154 valence electrons. The van der Waals surface area contributed by atoms with Gasteiger partial charge in [0.1, 0.15) is 6.07 Å². The summed E-state index contributed by atoms with van der Waals surface area (Å²) >= 11 is 0. The maximum Gasteiger partial charge on any atom is 0.416 e. The summed E-state index contributed by atoms with van der Waals surface area (Å²) in [4.78, 5) is 2.04. The molecule has 2 aliphatic rings. The van der Waals surface area contributed by atoms with Gasteiger partial charge < -0.3 is 5.73 Å². The molecule has 0 bridgehead atoms. The minimum Gasteiger partial charge on any atom is -0.399 e. The highest BCUT2D eigenvalue weighted by Crippen LogP contribution is 2.55. The molecule has 8 heteroatoms. The lowest BCUT2D eigenvalue weighted by molar-refractivity contribution is -0.138. The molecule has 0 unspecified atom stereocenters. The van der Waals surface area contributed by atoms with E-state index in [1.54, 1.807) is 6.08 Å². The minimum absolute atomic E-state index is 0.0206. The third-order valence-electron chi connectivity index (χ3n) is 6.02. The van der Waals surface area contributed by atoms with Crippen molar-refractivity contribution >= 4 is 0 Å². The van der Waals surface area contributed by atoms with E-state index < -0.39 is 29.0 Å². The van der Waals surface area contributed by atoms with Crippen molar-refractivity contribution in [2.24, 2.45) is 17.1 Å². The second-order valence-electron chi connectivity index (χ2n) is 7.81. The monoisotopic (exact) mass is 411 g/mol. The molecule has 2 atom stereocenters. The number of benzene rings is 1. The molecule has 5 nitrogen and oxygen atoms in total. The zero-order valence-electron chi connectivity index (χ0n) is 16.5. The molecule has 0 spiro atoms. The number of allylic oxidation sites excluding steroid dienone is 2. The number of hydrogen-bond acceptors (Lipinski definition) is 5. The molecule has 0 fully saturated rings. The Hall–Kier alpha value is -3.28. The summed E-state index contributed by atoms with van der Waals surface area (Å²) in [5.74, 6) is -1.83. The van der Waals surface area contributed by atoms with Crippen LogP contribution in [0.3, 0.4) is 0 Å². The van der Waals surface area contributed by atoms with Crippen LogP contribution < -0.4 is 5.73 Å². The number of nitriles is 3. The Morgan fingerprint density at radius 3 is 2.33 bits per heavy atom. The third-order valence-corrected chi connectivity index (χ3v) is 6.02. The summed E-state index contributed by atoms with van der Waals surface area (Å²) in [5, 5.41) is 29.7. The molecule has 30 heavy (non-hydrogen) atoms. The number of nitrogens with zero attached hydrogens (tertiary/aromatic N) is 4. The van der Waals surface area contributed by atoms with Crippen molar-refractivity contribution in [1.82, 2.24) is 4.90 Å². The third kappa shape index (κ3) is 3.12. The summed E-state index contributed by atoms with van der Waals surface area (Å²) in [7, 11) is 0. The predicted molar refractivity (Wildman–Crippen MR) is 103 cm³/mol. The molecule has 0 amide bonds. The zero-order chi connectivity index (χ0) is 22.3. The van der Waals surface area contributed by atoms with Gasteiger partial charge in [0.05, 0.1) is 29.0 Å². The van der Waals surface area contributed by atoms with Crippen molar-refractivity contribution in [1.29, 1.82) is 15.8 Å². The first-order valence-corrected chi connectivity index (χ1v) is 9.45. The smallest absolute Gasteiger partial charge is 0.399 e. The molecule has 1 aromatic carbocycles. The highest BCUT2D eigenvalue weighted by atomic mass is 19.4. The van der Waals surface area contributed by atoms with Crippen LogP contribution in [0.1, 0.15) is 30.9 Å². The summed E-state index contributed by atoms with van der Waals surface area (Å²) in [6, 6.07) is 10.8. The van der Waals surface area contributed by atoms with Crippen molar-refractivity contribution in [3.05, 3.63) is 58.3 Å². The lowest BCUT2D eigenvalue weighted by atomic mass is 9.57. The first kappa shape index (κ1) is 21.4. The predicted octanol–water partition coefficient (Wildman–Crippen LogP) is 3.84. The van der Waals surface area contributed by atoms with Crippen LogP contribution in [0, 0.1) is 45.3 Å². The van der Waals surface area contributed by atoms with E-state index in [2.05, 4.69) is 0 Å². The average Bonchev–Trinajstić information content (AvgIpc) is 2.72. The summed E-state index contributed by atoms with van der Waals surface area (Å²) in [6.45, 7) is 4.72. The van der Waals surface area contributed by atoms with Gasteiger partial charge in [-0.3, -0.25) is 4.90 Å². The summed E-state index contributed by atoms with van der Waals surface area (Å²) < 4.78 is 41.5. The van der Waals surface area contributed by atoms with Gasteiger partial charge >= 0.3 is 6.18 Å². The van der Waals surface area contributed by atoms with Gasteiger partial charge in [-0.25, -0.2) is 0 Å². The van der Waals surface area contributed by atoms with E-state index in [0.29, 0.717) is 18.7 Å². The number of nitrogens with two attached hydrogens (primary N) is 1. The SMILES string of the molecule is CC(C)N1CC=C2C(C#N)=C(N)C(C#N)(C#N)[C@H](c3ccccc3C(F)(F)F)[C@H]2C1. The van der Waals surface area contributed by atoms with Crippen molar-refractivity contribution in [3.63, 3.8) is 0 Å². The largest absolute Gasteiger partial charge is 0.416 e. The number of rotatable bonds is 2. The second-order valence-corrected chi connectivity index (χ2v) is 7.81. The maximum absolute atomic E-state index is 13.8. The molecule has 1 aliphatic heterocycles. The Morgan fingerprint density at radius 2 is 1.80 bits per heavy atom. The van der Waals surface area contributed by atoms with Gasteiger partial charge in [-0.05, 0) is 31.1 Å². The molecule has 2 N–H and O–H groups in total. The Bertz CT molecular complexity index is 1030. The maximum atomic E-state index is 13.8. The van der Waals surface area contributed by atoms with Crippen LogP contribution in [0.15, 0.2) is 47.2 Å². The fraction of sp³-hybridized carbons (Fsp3) is 0.409. The summed E-state index contributed by atoms with van der Waals surface area (Å²) in [6.07, 6.45) is -2.89. The molecule has 0 aromatic heterocycles. The van der Waals surface area contributed by atoms with E-state index in [9.17, 15) is 29.0 Å². The molecule has 0 saturated heterocycles. The van der Waals surface area contributed by atoms with Crippen molar-refractivity contribution in [2.75, 3.05) is 13.1 Å². The normalized spacial score (nSPS) is 23.8. The average molecular weight is 411 g/mol. The van der Waals surface area contributed by atoms with Gasteiger partial charge in [-0.15, -0.1) is 0 Å². The van der Waals surface area contributed by atoms with E-state index in [0.717, 1.165) is 6.07 Å². The molecule has 0 radical (unpaired) electrons. The Labute approximate surface area is 173 Å². The van der Waals surface area contributed by atoms with Crippen LogP contribution in [0.2, 0.25) is 0 Å². The van der Waals surface area contributed by atoms with Gasteiger partial charge in [-0.1, -0.05) is 24.3 Å². The molecule has 0 saturated carbocycles. The quantitative estimate of drug-likeness (QED) is 0.797. The van der Waals surface area contributed by atoms with Crippen LogP contribution in [0.4, 0.5) is 13.2 Å². The Balaban J connectivity index is 2.38. The van der Waals surface area contributed by atoms with E-state index in [1.807, 2.05) is 37.0 Å². The number of halogens is 3.